The minimum absolute atomic E-state index is 0.287. The lowest BCUT2D eigenvalue weighted by Crippen LogP contribution is -2.57. The van der Waals surface area contributed by atoms with Crippen LogP contribution in [-0.4, -0.2) is 11.7 Å². The maximum atomic E-state index is 14.8. The van der Waals surface area contributed by atoms with Gasteiger partial charge in [-0.05, 0) is 5.56 Å². The van der Waals surface area contributed by atoms with Gasteiger partial charge < -0.3 is 9.47 Å². The number of halogens is 5. The lowest BCUT2D eigenvalue weighted by Gasteiger charge is -2.48. The Morgan fingerprint density at radius 1 is 0.848 bits per heavy atom. The number of hydrogen-bond donors (Lipinski definition) is 1. The van der Waals surface area contributed by atoms with E-state index in [0.29, 0.717) is 0 Å². The fourth-order valence-electron chi connectivity index (χ4n) is 4.74. The number of nitriles is 3. The molecule has 0 aliphatic carbocycles. The van der Waals surface area contributed by atoms with Crippen molar-refractivity contribution in [3.05, 3.63) is 70.5 Å². The summed E-state index contributed by atoms with van der Waals surface area (Å²) in [5.41, 5.74) is -6.77. The van der Waals surface area contributed by atoms with Crippen molar-refractivity contribution < 1.29 is 31.4 Å². The Balaban J connectivity index is 2.12. The molecular formula is C22H11F5N4O2. The molecule has 2 saturated heterocycles. The number of hydrogen-bond acceptors (Lipinski definition) is 6. The van der Waals surface area contributed by atoms with Crippen molar-refractivity contribution >= 4 is 5.90 Å². The van der Waals surface area contributed by atoms with Crippen molar-refractivity contribution in [2.45, 2.75) is 24.7 Å². The highest BCUT2D eigenvalue weighted by molar-refractivity contribution is 5.90. The summed E-state index contributed by atoms with van der Waals surface area (Å²) in [5, 5.41) is 38.7. The van der Waals surface area contributed by atoms with E-state index in [1.54, 1.807) is 24.3 Å². The molecule has 2 aliphatic heterocycles. The van der Waals surface area contributed by atoms with Crippen molar-refractivity contribution in [3.63, 3.8) is 0 Å². The van der Waals surface area contributed by atoms with E-state index in [-0.39, 0.29) is 5.56 Å². The monoisotopic (exact) mass is 458 g/mol. The van der Waals surface area contributed by atoms with E-state index in [4.69, 9.17) is 14.9 Å². The van der Waals surface area contributed by atoms with Crippen LogP contribution < -0.4 is 0 Å². The third-order valence-electron chi connectivity index (χ3n) is 6.16. The number of ether oxygens (including phenoxy) is 2. The van der Waals surface area contributed by atoms with Gasteiger partial charge in [0.05, 0.1) is 29.7 Å². The van der Waals surface area contributed by atoms with Crippen LogP contribution in [0.4, 0.5) is 22.0 Å². The molecule has 4 atom stereocenters. The predicted octanol–water partition coefficient (Wildman–Crippen LogP) is 4.50. The molecule has 0 saturated carbocycles. The first-order valence-electron chi connectivity index (χ1n) is 9.32. The summed E-state index contributed by atoms with van der Waals surface area (Å²) in [6.07, 6.45) is -2.47. The van der Waals surface area contributed by atoms with E-state index in [1.165, 1.54) is 31.2 Å². The molecule has 6 nitrogen and oxygen atoms in total. The minimum atomic E-state index is -2.94. The molecule has 2 aromatic carbocycles. The van der Waals surface area contributed by atoms with Crippen LogP contribution in [0.1, 0.15) is 30.1 Å². The van der Waals surface area contributed by atoms with Crippen molar-refractivity contribution in [3.8, 4) is 18.2 Å². The first-order chi connectivity index (χ1) is 15.6. The van der Waals surface area contributed by atoms with Gasteiger partial charge in [0.2, 0.25) is 22.9 Å². The van der Waals surface area contributed by atoms with Crippen LogP contribution in [0.25, 0.3) is 0 Å². The Bertz CT molecular complexity index is 1290. The van der Waals surface area contributed by atoms with Crippen molar-refractivity contribution in [2.24, 2.45) is 10.8 Å². The summed E-state index contributed by atoms with van der Waals surface area (Å²) in [7, 11) is 0. The summed E-state index contributed by atoms with van der Waals surface area (Å²) in [5.74, 6) is -16.0. The predicted molar refractivity (Wildman–Crippen MR) is 98.2 cm³/mol. The van der Waals surface area contributed by atoms with Crippen LogP contribution in [0.3, 0.4) is 0 Å². The van der Waals surface area contributed by atoms with E-state index in [1.807, 2.05) is 0 Å². The fraction of sp³-hybridized carbons (Fsp3) is 0.273. The Hall–Kier alpha value is -4.01. The molecule has 166 valence electrons. The van der Waals surface area contributed by atoms with E-state index in [9.17, 15) is 37.7 Å². The number of nitrogens with zero attached hydrogens (tertiary/aromatic N) is 3. The topological polar surface area (TPSA) is 114 Å². The SMILES string of the molecule is CC12OC(=N)C(C#N)(C1c1ccccc1)C(C#N)(C#N)C(c1c(F)c(F)c(F)c(F)c1F)O2. The second-order valence-electron chi connectivity index (χ2n) is 7.72. The average molecular weight is 458 g/mol. The van der Waals surface area contributed by atoms with Gasteiger partial charge in [0.15, 0.2) is 28.7 Å². The highest BCUT2D eigenvalue weighted by Crippen LogP contribution is 2.69. The van der Waals surface area contributed by atoms with Crippen LogP contribution in [-0.2, 0) is 9.47 Å². The number of fused-ring (bicyclic) bond motifs is 2. The molecule has 33 heavy (non-hydrogen) atoms. The average Bonchev–Trinajstić information content (AvgIpc) is 3.00. The molecule has 2 aliphatic rings. The molecule has 0 spiro atoms. The summed E-state index contributed by atoms with van der Waals surface area (Å²) < 4.78 is 82.2. The molecular weight excluding hydrogens is 447 g/mol. The Kier molecular flexibility index (Phi) is 4.70. The highest BCUT2D eigenvalue weighted by Gasteiger charge is 2.80. The van der Waals surface area contributed by atoms with Gasteiger partial charge >= 0.3 is 0 Å². The van der Waals surface area contributed by atoms with Crippen LogP contribution >= 0.6 is 0 Å². The maximum Gasteiger partial charge on any atom is 0.218 e. The van der Waals surface area contributed by atoms with Gasteiger partial charge in [-0.15, -0.1) is 0 Å². The zero-order valence-corrected chi connectivity index (χ0v) is 16.6. The second-order valence-corrected chi connectivity index (χ2v) is 7.72. The van der Waals surface area contributed by atoms with Crippen molar-refractivity contribution in [1.82, 2.24) is 0 Å². The smallest absolute Gasteiger partial charge is 0.218 e. The molecule has 2 fully saturated rings. The molecule has 2 heterocycles. The zero-order valence-electron chi connectivity index (χ0n) is 16.6. The first kappa shape index (κ1) is 22.2. The summed E-state index contributed by atoms with van der Waals surface area (Å²) >= 11 is 0. The summed E-state index contributed by atoms with van der Waals surface area (Å²) in [6.45, 7) is 1.19. The van der Waals surface area contributed by atoms with Gasteiger partial charge in [0.1, 0.15) is 6.10 Å². The first-order valence-corrected chi connectivity index (χ1v) is 9.32. The van der Waals surface area contributed by atoms with Crippen LogP contribution in [0.5, 0.6) is 0 Å². The largest absolute Gasteiger partial charge is 0.447 e. The Labute approximate surface area is 183 Å². The third-order valence-corrected chi connectivity index (χ3v) is 6.16. The van der Waals surface area contributed by atoms with Crippen molar-refractivity contribution in [2.75, 3.05) is 0 Å². The van der Waals surface area contributed by atoms with E-state index >= 15 is 0 Å². The number of benzene rings is 2. The van der Waals surface area contributed by atoms with E-state index in [2.05, 4.69) is 0 Å². The maximum absolute atomic E-state index is 14.8. The molecule has 2 aromatic rings. The number of rotatable bonds is 2. The van der Waals surface area contributed by atoms with Gasteiger partial charge in [-0.1, -0.05) is 30.3 Å². The van der Waals surface area contributed by atoms with Gasteiger partial charge in [0, 0.05) is 6.92 Å². The Morgan fingerprint density at radius 2 is 1.36 bits per heavy atom. The normalized spacial score (nSPS) is 29.5. The van der Waals surface area contributed by atoms with E-state index < -0.39 is 69.2 Å². The molecule has 2 bridgehead atoms. The molecule has 4 unspecified atom stereocenters. The molecule has 4 rings (SSSR count). The minimum Gasteiger partial charge on any atom is -0.447 e. The lowest BCUT2D eigenvalue weighted by atomic mass is 9.52. The molecule has 0 amide bonds. The van der Waals surface area contributed by atoms with Crippen LogP contribution in [0.2, 0.25) is 0 Å². The number of nitrogens with one attached hydrogen (secondary N) is 1. The second kappa shape index (κ2) is 6.99. The van der Waals surface area contributed by atoms with E-state index in [0.717, 1.165) is 0 Å². The van der Waals surface area contributed by atoms with Crippen LogP contribution in [0, 0.1) is 79.3 Å². The summed E-state index contributed by atoms with van der Waals surface area (Å²) in [4.78, 5) is 0. The third kappa shape index (κ3) is 2.44. The molecule has 0 aromatic heterocycles. The lowest BCUT2D eigenvalue weighted by molar-refractivity contribution is -0.254. The van der Waals surface area contributed by atoms with Gasteiger partial charge in [-0.2, -0.15) is 15.8 Å². The standard InChI is InChI=1S/C22H11F5N4O2/c1-20-17(10-5-3-2-4-6-10)22(9-30,19(31)33-20)21(7-28,8-29)18(32-20)11-12(23)14(25)16(27)15(26)13(11)24/h2-6,17-18,31H,1H3. The molecule has 1 N–H and O–H groups in total. The molecule has 11 heteroatoms. The quantitative estimate of drug-likeness (QED) is 0.404. The summed E-state index contributed by atoms with van der Waals surface area (Å²) in [6, 6.07) is 12.4. The molecule has 0 radical (unpaired) electrons. The van der Waals surface area contributed by atoms with Gasteiger partial charge in [-0.3, -0.25) is 5.41 Å². The van der Waals surface area contributed by atoms with Crippen molar-refractivity contribution in [1.29, 1.82) is 21.2 Å². The highest BCUT2D eigenvalue weighted by atomic mass is 19.2. The van der Waals surface area contributed by atoms with Crippen LogP contribution in [0.15, 0.2) is 30.3 Å². The van der Waals surface area contributed by atoms with Gasteiger partial charge in [0.25, 0.3) is 0 Å². The zero-order chi connectivity index (χ0) is 24.3. The van der Waals surface area contributed by atoms with Gasteiger partial charge in [-0.25, -0.2) is 22.0 Å². The fourth-order valence-corrected chi connectivity index (χ4v) is 4.74. The Morgan fingerprint density at radius 3 is 1.85 bits per heavy atom.